The molecule has 19 aromatic rings. The van der Waals surface area contributed by atoms with Gasteiger partial charge in [0.15, 0.2) is 0 Å². The Hall–Kier alpha value is -13.5. The van der Waals surface area contributed by atoms with Crippen molar-refractivity contribution in [3.05, 3.63) is 470 Å². The molecule has 0 bridgehead atoms. The number of fused-ring (bicyclic) bond motifs is 8. The van der Waals surface area contributed by atoms with Gasteiger partial charge in [-0.3, -0.25) is 0 Å². The first-order valence-electron chi connectivity index (χ1n) is 45.1. The zero-order valence-corrected chi connectivity index (χ0v) is 75.5. The van der Waals surface area contributed by atoms with Crippen LogP contribution < -0.4 is 0 Å². The van der Waals surface area contributed by atoms with Gasteiger partial charge in [-0.05, 0) is 235 Å². The van der Waals surface area contributed by atoms with E-state index in [9.17, 15) is 0 Å². The summed E-state index contributed by atoms with van der Waals surface area (Å²) in [5, 5.41) is 13.2. The molecule has 620 valence electrons. The number of benzene rings is 19. The van der Waals surface area contributed by atoms with Gasteiger partial charge in [-0.1, -0.05) is 516 Å². The molecule has 0 radical (unpaired) electrons. The van der Waals surface area contributed by atoms with Gasteiger partial charge < -0.3 is 0 Å². The monoisotopic (exact) mass is 1620 g/mol. The van der Waals surface area contributed by atoms with E-state index in [4.69, 9.17) is 0 Å². The molecule has 0 nitrogen and oxygen atoms in total. The maximum Gasteiger partial charge on any atom is -0.00201 e. The summed E-state index contributed by atoms with van der Waals surface area (Å²) in [5.74, 6) is 4.16. The van der Waals surface area contributed by atoms with E-state index in [1.807, 2.05) is 12.1 Å². The second-order valence-corrected chi connectivity index (χ2v) is 35.2. The molecule has 0 saturated heterocycles. The molecule has 0 N–H and O–H groups in total. The molecule has 0 fully saturated rings. The summed E-state index contributed by atoms with van der Waals surface area (Å²) < 4.78 is 0. The molecule has 0 aliphatic heterocycles. The van der Waals surface area contributed by atoms with E-state index >= 15 is 0 Å². The Morgan fingerprint density at radius 1 is 0.120 bits per heavy atom. The standard InChI is InChI=1S/C25H20.C23H20.2C19H18.2C15H16.C9H12/c1-16(2)17-10-12-18(13-11-17)19-14-15-24-21-7-4-3-6-20(21)23-9-5-8-22(19)25(23)24;1-16(2)17-11-13-18(14-12-17)23-15-19-7-3-4-8-20(19)21-9-5-6-10-22(21)23;1-14(2)15-10-12-17(13-11-15)19-9-5-7-16-6-3-4-8-18(16)19;1-14(2)15-7-9-17(10-8-15)19-12-11-16-5-3-4-6-18(16)13-19;1-12(2)14-9-6-10-15(11-14)13-7-4-3-5-8-13;1-12(2)13-8-10-15(11-9-13)14-6-4-3-5-7-14;1-8(2)9-6-4-3-5-7-9/h3-16H,1-2H3;3-16H,1-2H3;2*3-14H,1-2H3;2*3-12H,1-2H3;3-8H,1-2H3. The van der Waals surface area contributed by atoms with Crippen LogP contribution in [0.2, 0.25) is 0 Å². The van der Waals surface area contributed by atoms with Gasteiger partial charge in [0.2, 0.25) is 0 Å². The first-order valence-corrected chi connectivity index (χ1v) is 45.1. The predicted molar refractivity (Wildman–Crippen MR) is 548 cm³/mol. The van der Waals surface area contributed by atoms with Crippen LogP contribution in [-0.4, -0.2) is 0 Å². The van der Waals surface area contributed by atoms with Crippen molar-refractivity contribution in [3.8, 4) is 89.0 Å². The third-order valence-electron chi connectivity index (χ3n) is 24.2. The molecule has 0 amide bonds. The van der Waals surface area contributed by atoms with Gasteiger partial charge in [0, 0.05) is 0 Å². The smallest absolute Gasteiger partial charge is 0.00201 e. The molecule has 20 rings (SSSR count). The van der Waals surface area contributed by atoms with Gasteiger partial charge >= 0.3 is 0 Å². The van der Waals surface area contributed by atoms with Crippen LogP contribution >= 0.6 is 0 Å². The highest BCUT2D eigenvalue weighted by Crippen LogP contribution is 2.49. The Morgan fingerprint density at radius 3 is 0.896 bits per heavy atom. The van der Waals surface area contributed by atoms with E-state index in [2.05, 4.69) is 516 Å². The molecule has 125 heavy (non-hydrogen) atoms. The molecule has 19 aromatic carbocycles. The normalized spacial score (nSPS) is 11.1. The first kappa shape index (κ1) is 87.8. The van der Waals surface area contributed by atoms with Gasteiger partial charge in [0.1, 0.15) is 0 Å². The van der Waals surface area contributed by atoms with Gasteiger partial charge in [-0.25, -0.2) is 0 Å². The highest BCUT2D eigenvalue weighted by molar-refractivity contribution is 6.19. The predicted octanol–water partition coefficient (Wildman–Crippen LogP) is 37.1. The summed E-state index contributed by atoms with van der Waals surface area (Å²) in [4.78, 5) is 0. The fourth-order valence-electron chi connectivity index (χ4n) is 16.6. The van der Waals surface area contributed by atoms with Crippen molar-refractivity contribution in [2.75, 3.05) is 0 Å². The van der Waals surface area contributed by atoms with E-state index in [-0.39, 0.29) is 0 Å². The van der Waals surface area contributed by atoms with Crippen molar-refractivity contribution < 1.29 is 0 Å². The molecule has 0 heterocycles. The third kappa shape index (κ3) is 21.9. The zero-order valence-electron chi connectivity index (χ0n) is 75.5. The summed E-state index contributed by atoms with van der Waals surface area (Å²) in [6.07, 6.45) is 0. The van der Waals surface area contributed by atoms with Gasteiger partial charge in [0.25, 0.3) is 0 Å². The Labute approximate surface area is 745 Å². The lowest BCUT2D eigenvalue weighted by atomic mass is 9.92. The number of hydrogen-bond donors (Lipinski definition) is 0. The number of hydrogen-bond acceptors (Lipinski definition) is 0. The molecular weight excluding hydrogens is 1500 g/mol. The minimum absolute atomic E-state index is 0.566. The summed E-state index contributed by atoms with van der Waals surface area (Å²) >= 11 is 0. The molecule has 1 aliphatic rings. The van der Waals surface area contributed by atoms with Crippen molar-refractivity contribution in [1.82, 2.24) is 0 Å². The summed E-state index contributed by atoms with van der Waals surface area (Å²) in [6, 6.07) is 155. The van der Waals surface area contributed by atoms with Crippen LogP contribution in [0.1, 0.15) is 177 Å². The lowest BCUT2D eigenvalue weighted by Gasteiger charge is -2.12. The van der Waals surface area contributed by atoms with Crippen molar-refractivity contribution in [2.24, 2.45) is 0 Å². The fraction of sp³-hybridized carbons (Fsp3) is 0.168. The summed E-state index contributed by atoms with van der Waals surface area (Å²) in [6.45, 7) is 31.2. The second kappa shape index (κ2) is 42.0. The summed E-state index contributed by atoms with van der Waals surface area (Å²) in [7, 11) is 0. The van der Waals surface area contributed by atoms with Crippen molar-refractivity contribution >= 4 is 53.9 Å². The molecule has 0 spiro atoms. The first-order chi connectivity index (χ1) is 60.8. The van der Waals surface area contributed by atoms with E-state index in [0.717, 1.165) is 0 Å². The van der Waals surface area contributed by atoms with Crippen LogP contribution in [0.25, 0.3) is 143 Å². The SMILES string of the molecule is CC(C)c1ccc(-c2cc3ccccc3c3ccccc23)cc1.CC(C)c1ccc(-c2ccc3c4c(cccc24)-c2ccccc2-3)cc1.CC(C)c1ccc(-c2ccc3ccccc3c2)cc1.CC(C)c1ccc(-c2cccc3ccccc23)cc1.CC(C)c1ccc(-c2ccccc2)cc1.CC(C)c1cccc(-c2ccccc2)c1.CC(C)c1ccccc1. The Morgan fingerprint density at radius 2 is 0.400 bits per heavy atom. The summed E-state index contributed by atoms with van der Waals surface area (Å²) in [5.41, 5.74) is 30.8. The van der Waals surface area contributed by atoms with Crippen LogP contribution in [0.3, 0.4) is 0 Å². The Balaban J connectivity index is 0.000000120. The second-order valence-electron chi connectivity index (χ2n) is 35.2. The topological polar surface area (TPSA) is 0 Å². The van der Waals surface area contributed by atoms with Crippen LogP contribution in [0.15, 0.2) is 431 Å². The van der Waals surface area contributed by atoms with Crippen LogP contribution in [0.5, 0.6) is 0 Å². The highest BCUT2D eigenvalue weighted by Gasteiger charge is 2.23. The van der Waals surface area contributed by atoms with Crippen LogP contribution in [0.4, 0.5) is 0 Å². The maximum absolute atomic E-state index is 2.32. The highest BCUT2D eigenvalue weighted by atomic mass is 14.3. The quantitative estimate of drug-likeness (QED) is 0.101. The maximum atomic E-state index is 2.32. The lowest BCUT2D eigenvalue weighted by Crippen LogP contribution is -1.88. The van der Waals surface area contributed by atoms with Crippen molar-refractivity contribution in [3.63, 3.8) is 0 Å². The minimum atomic E-state index is 0.566. The zero-order chi connectivity index (χ0) is 87.3. The van der Waals surface area contributed by atoms with E-state index in [1.54, 1.807) is 0 Å². The Bertz CT molecular complexity index is 6620. The van der Waals surface area contributed by atoms with E-state index in [1.165, 1.54) is 182 Å². The molecule has 0 unspecified atom stereocenters. The van der Waals surface area contributed by atoms with Crippen LogP contribution in [0, 0.1) is 0 Å². The van der Waals surface area contributed by atoms with Crippen molar-refractivity contribution in [2.45, 2.75) is 138 Å². The number of rotatable bonds is 13. The van der Waals surface area contributed by atoms with Gasteiger partial charge in [-0.2, -0.15) is 0 Å². The Kier molecular flexibility index (Phi) is 29.5. The molecule has 0 aromatic heterocycles. The third-order valence-corrected chi connectivity index (χ3v) is 24.2. The average Bonchev–Trinajstić information content (AvgIpc) is 1.58. The van der Waals surface area contributed by atoms with E-state index < -0.39 is 0 Å². The van der Waals surface area contributed by atoms with Gasteiger partial charge in [-0.15, -0.1) is 0 Å². The van der Waals surface area contributed by atoms with Gasteiger partial charge in [0.05, 0.1) is 0 Å². The minimum Gasteiger partial charge on any atom is -0.0622 e. The molecular formula is C125H120. The molecule has 1 aliphatic carbocycles. The molecule has 0 atom stereocenters. The van der Waals surface area contributed by atoms with E-state index in [0.29, 0.717) is 41.4 Å². The molecule has 0 saturated carbocycles. The lowest BCUT2D eigenvalue weighted by molar-refractivity contribution is 0.867. The van der Waals surface area contributed by atoms with Crippen LogP contribution in [-0.2, 0) is 0 Å². The fourth-order valence-corrected chi connectivity index (χ4v) is 16.6. The average molecular weight is 1620 g/mol. The largest absolute Gasteiger partial charge is 0.0622 e. The molecule has 0 heteroatoms. The van der Waals surface area contributed by atoms with Crippen molar-refractivity contribution in [1.29, 1.82) is 0 Å².